The lowest BCUT2D eigenvalue weighted by Gasteiger charge is -2.20. The fourth-order valence-corrected chi connectivity index (χ4v) is 3.37. The molecular formula is C23H40O. The molecule has 0 fully saturated rings. The van der Waals surface area contributed by atoms with Gasteiger partial charge >= 0.3 is 0 Å². The summed E-state index contributed by atoms with van der Waals surface area (Å²) in [7, 11) is 0. The van der Waals surface area contributed by atoms with Gasteiger partial charge in [0, 0.05) is 0 Å². The summed E-state index contributed by atoms with van der Waals surface area (Å²) in [5.41, 5.74) is 3.74. The minimum absolute atomic E-state index is 0.432. The number of hydrogen-bond acceptors (Lipinski definition) is 1. The second-order valence-corrected chi connectivity index (χ2v) is 7.61. The Kier molecular flexibility index (Phi) is 10.1. The van der Waals surface area contributed by atoms with E-state index in [1.54, 1.807) is 0 Å². The van der Waals surface area contributed by atoms with Crippen LogP contribution < -0.4 is 0 Å². The van der Waals surface area contributed by atoms with Crippen LogP contribution in [0.3, 0.4) is 0 Å². The first-order valence-corrected chi connectivity index (χ1v) is 10.4. The Labute approximate surface area is 150 Å². The summed E-state index contributed by atoms with van der Waals surface area (Å²) < 4.78 is 0. The van der Waals surface area contributed by atoms with E-state index in [4.69, 9.17) is 0 Å². The van der Waals surface area contributed by atoms with Crippen molar-refractivity contribution in [2.24, 2.45) is 0 Å². The molecular weight excluding hydrogens is 292 g/mol. The highest BCUT2D eigenvalue weighted by Gasteiger charge is 2.17. The second-order valence-electron chi connectivity index (χ2n) is 7.61. The molecule has 0 aliphatic rings. The zero-order chi connectivity index (χ0) is 17.9. The van der Waals surface area contributed by atoms with E-state index in [0.717, 1.165) is 30.4 Å². The van der Waals surface area contributed by atoms with Gasteiger partial charge in [0.2, 0.25) is 0 Å². The Balaban J connectivity index is 2.72. The lowest BCUT2D eigenvalue weighted by molar-refractivity contribution is 0.448. The van der Waals surface area contributed by atoms with E-state index in [0.29, 0.717) is 17.6 Å². The third-order valence-corrected chi connectivity index (χ3v) is 5.58. The summed E-state index contributed by atoms with van der Waals surface area (Å²) in [4.78, 5) is 0. The molecule has 1 aromatic rings. The fraction of sp³-hybridized carbons (Fsp3) is 0.739. The number of aryl methyl sites for hydroxylation is 1. The number of rotatable bonds is 12. The highest BCUT2D eigenvalue weighted by molar-refractivity contribution is 5.47. The number of aromatic hydroxyl groups is 1. The molecule has 0 aromatic heterocycles. The van der Waals surface area contributed by atoms with E-state index in [1.807, 2.05) is 0 Å². The van der Waals surface area contributed by atoms with Crippen molar-refractivity contribution in [3.63, 3.8) is 0 Å². The second kappa shape index (κ2) is 11.6. The third kappa shape index (κ3) is 6.49. The molecule has 0 bridgehead atoms. The summed E-state index contributed by atoms with van der Waals surface area (Å²) in [6, 6.07) is 4.54. The number of phenols is 1. The van der Waals surface area contributed by atoms with Crippen molar-refractivity contribution in [2.45, 2.75) is 111 Å². The van der Waals surface area contributed by atoms with Gasteiger partial charge in [-0.25, -0.2) is 0 Å². The Morgan fingerprint density at radius 1 is 0.750 bits per heavy atom. The normalized spacial score (nSPS) is 13.9. The fourth-order valence-electron chi connectivity index (χ4n) is 3.37. The Morgan fingerprint density at radius 2 is 1.21 bits per heavy atom. The van der Waals surface area contributed by atoms with Crippen LogP contribution in [-0.2, 0) is 6.42 Å². The SMILES string of the molecule is CCCCCCCCCc1cc(C(C)CC)c(O)c(C(C)CC)c1. The number of phenolic OH excluding ortho intramolecular Hbond substituents is 1. The van der Waals surface area contributed by atoms with Crippen molar-refractivity contribution in [3.8, 4) is 5.75 Å². The van der Waals surface area contributed by atoms with Crippen LogP contribution >= 0.6 is 0 Å². The molecule has 0 saturated carbocycles. The minimum Gasteiger partial charge on any atom is -0.507 e. The van der Waals surface area contributed by atoms with Crippen LogP contribution in [0.15, 0.2) is 12.1 Å². The molecule has 1 N–H and O–H groups in total. The van der Waals surface area contributed by atoms with Gasteiger partial charge in [0.1, 0.15) is 5.75 Å². The smallest absolute Gasteiger partial charge is 0.122 e. The van der Waals surface area contributed by atoms with Gasteiger partial charge in [0.25, 0.3) is 0 Å². The topological polar surface area (TPSA) is 20.2 Å². The zero-order valence-corrected chi connectivity index (χ0v) is 16.8. The Bertz CT molecular complexity index is 432. The van der Waals surface area contributed by atoms with E-state index < -0.39 is 0 Å². The molecule has 1 nitrogen and oxygen atoms in total. The number of benzene rings is 1. The maximum absolute atomic E-state index is 10.7. The van der Waals surface area contributed by atoms with E-state index >= 15 is 0 Å². The lowest BCUT2D eigenvalue weighted by Crippen LogP contribution is -2.01. The van der Waals surface area contributed by atoms with E-state index in [2.05, 4.69) is 46.8 Å². The highest BCUT2D eigenvalue weighted by atomic mass is 16.3. The monoisotopic (exact) mass is 332 g/mol. The molecule has 2 unspecified atom stereocenters. The van der Waals surface area contributed by atoms with Crippen LogP contribution in [0.4, 0.5) is 0 Å². The van der Waals surface area contributed by atoms with Crippen LogP contribution in [0.25, 0.3) is 0 Å². The largest absolute Gasteiger partial charge is 0.507 e. The average molecular weight is 333 g/mol. The molecule has 0 heterocycles. The molecule has 1 aromatic carbocycles. The van der Waals surface area contributed by atoms with Crippen molar-refractivity contribution >= 4 is 0 Å². The van der Waals surface area contributed by atoms with Gasteiger partial charge < -0.3 is 5.11 Å². The predicted molar refractivity (Wildman–Crippen MR) is 107 cm³/mol. The Morgan fingerprint density at radius 3 is 1.67 bits per heavy atom. The maximum atomic E-state index is 10.7. The van der Waals surface area contributed by atoms with Crippen molar-refractivity contribution in [2.75, 3.05) is 0 Å². The molecule has 24 heavy (non-hydrogen) atoms. The maximum Gasteiger partial charge on any atom is 0.122 e. The van der Waals surface area contributed by atoms with Gasteiger partial charge in [-0.15, -0.1) is 0 Å². The first-order valence-electron chi connectivity index (χ1n) is 10.4. The summed E-state index contributed by atoms with van der Waals surface area (Å²) in [6.45, 7) is 11.1. The third-order valence-electron chi connectivity index (χ3n) is 5.58. The van der Waals surface area contributed by atoms with Crippen LogP contribution in [0.2, 0.25) is 0 Å². The molecule has 1 rings (SSSR count). The van der Waals surface area contributed by atoms with E-state index in [1.165, 1.54) is 50.5 Å². The molecule has 0 amide bonds. The first-order chi connectivity index (χ1) is 11.5. The van der Waals surface area contributed by atoms with Crippen molar-refractivity contribution in [1.82, 2.24) is 0 Å². The number of unbranched alkanes of at least 4 members (excludes halogenated alkanes) is 6. The summed E-state index contributed by atoms with van der Waals surface area (Å²) in [5, 5.41) is 10.7. The summed E-state index contributed by atoms with van der Waals surface area (Å²) >= 11 is 0. The quantitative estimate of drug-likeness (QED) is 0.388. The van der Waals surface area contributed by atoms with Crippen LogP contribution in [-0.4, -0.2) is 5.11 Å². The minimum atomic E-state index is 0.432. The highest BCUT2D eigenvalue weighted by Crippen LogP contribution is 2.37. The molecule has 0 aliphatic heterocycles. The van der Waals surface area contributed by atoms with Crippen LogP contribution in [0.1, 0.15) is 121 Å². The van der Waals surface area contributed by atoms with Gasteiger partial charge in [-0.1, -0.05) is 85.3 Å². The molecule has 0 aliphatic carbocycles. The van der Waals surface area contributed by atoms with Gasteiger partial charge in [-0.2, -0.15) is 0 Å². The molecule has 1 heteroatoms. The van der Waals surface area contributed by atoms with Crippen molar-refractivity contribution < 1.29 is 5.11 Å². The van der Waals surface area contributed by atoms with Gasteiger partial charge in [-0.05, 0) is 54.2 Å². The van der Waals surface area contributed by atoms with E-state index in [-0.39, 0.29) is 0 Å². The summed E-state index contributed by atoms with van der Waals surface area (Å²) in [6.07, 6.45) is 12.8. The van der Waals surface area contributed by atoms with Crippen LogP contribution in [0, 0.1) is 0 Å². The van der Waals surface area contributed by atoms with Gasteiger partial charge in [0.15, 0.2) is 0 Å². The molecule has 0 radical (unpaired) electrons. The number of hydrogen-bond donors (Lipinski definition) is 1. The summed E-state index contributed by atoms with van der Waals surface area (Å²) in [5.74, 6) is 1.42. The first kappa shape index (κ1) is 21.1. The average Bonchev–Trinajstić information content (AvgIpc) is 2.60. The molecule has 0 spiro atoms. The lowest BCUT2D eigenvalue weighted by atomic mass is 9.87. The van der Waals surface area contributed by atoms with Crippen LogP contribution in [0.5, 0.6) is 5.75 Å². The van der Waals surface area contributed by atoms with Crippen molar-refractivity contribution in [3.05, 3.63) is 28.8 Å². The van der Waals surface area contributed by atoms with Gasteiger partial charge in [0.05, 0.1) is 0 Å². The predicted octanol–water partition coefficient (Wildman–Crippen LogP) is 7.71. The zero-order valence-electron chi connectivity index (χ0n) is 16.8. The van der Waals surface area contributed by atoms with Gasteiger partial charge in [-0.3, -0.25) is 0 Å². The molecule has 138 valence electrons. The molecule has 0 saturated heterocycles. The Hall–Kier alpha value is -0.980. The van der Waals surface area contributed by atoms with Crippen molar-refractivity contribution in [1.29, 1.82) is 0 Å². The van der Waals surface area contributed by atoms with E-state index in [9.17, 15) is 5.11 Å². The molecule has 2 atom stereocenters. The standard InChI is InChI=1S/C23H40O/c1-6-9-10-11-12-13-14-15-20-16-21(18(4)7-2)23(24)22(17-20)19(5)8-3/h16-19,24H,6-15H2,1-5H3.